The number of rotatable bonds is 3. The molecule has 0 amide bonds. The summed E-state index contributed by atoms with van der Waals surface area (Å²) < 4.78 is 5.67. The number of carbonyl (C=O) groups excluding carboxylic acids is 2. The van der Waals surface area contributed by atoms with E-state index >= 15 is 0 Å². The second-order valence-electron chi connectivity index (χ2n) is 7.11. The van der Waals surface area contributed by atoms with Gasteiger partial charge in [0.1, 0.15) is 6.10 Å². The number of allylic oxidation sites excluding steroid dienone is 3. The van der Waals surface area contributed by atoms with Gasteiger partial charge in [-0.2, -0.15) is 0 Å². The van der Waals surface area contributed by atoms with Crippen LogP contribution in [0.25, 0.3) is 0 Å². The van der Waals surface area contributed by atoms with E-state index in [9.17, 15) is 9.59 Å². The summed E-state index contributed by atoms with van der Waals surface area (Å²) in [4.78, 5) is 24.2. The molecule has 0 saturated carbocycles. The SMILES string of the molecule is CCC1OC(=O)CCCC[C@@H](CC)CCC(=O)/C=C/C(C)=C/C1CN. The highest BCUT2D eigenvalue weighted by molar-refractivity contribution is 5.90. The Bertz CT molecular complexity index is 482. The standard InChI is InChI=1S/C21H35NO3/c1-4-17-8-6-7-9-21(24)25-20(5-2)18(15-22)14-16(3)10-12-19(23)13-11-17/h10,12,14,17-18,20H,4-9,11,13,15,22H2,1-3H3/b12-10+,16-14+/t17-,18?,20?/m1/s1. The van der Waals surface area contributed by atoms with E-state index < -0.39 is 0 Å². The zero-order valence-electron chi connectivity index (χ0n) is 16.1. The monoisotopic (exact) mass is 349 g/mol. The number of carbonyl (C=O) groups is 2. The van der Waals surface area contributed by atoms with Crippen molar-refractivity contribution in [2.75, 3.05) is 6.54 Å². The van der Waals surface area contributed by atoms with E-state index in [1.54, 1.807) is 6.08 Å². The van der Waals surface area contributed by atoms with Gasteiger partial charge in [-0.3, -0.25) is 9.59 Å². The molecule has 1 aliphatic heterocycles. The maximum atomic E-state index is 12.1. The highest BCUT2D eigenvalue weighted by Gasteiger charge is 2.21. The number of hydrogen-bond donors (Lipinski definition) is 1. The molecule has 0 aromatic rings. The molecule has 2 unspecified atom stereocenters. The minimum atomic E-state index is -0.201. The molecular weight excluding hydrogens is 314 g/mol. The fraction of sp³-hybridized carbons (Fsp3) is 0.714. The van der Waals surface area contributed by atoms with Gasteiger partial charge in [-0.1, -0.05) is 50.8 Å². The van der Waals surface area contributed by atoms with Crippen molar-refractivity contribution < 1.29 is 14.3 Å². The Kier molecular flexibility index (Phi) is 10.4. The fourth-order valence-electron chi connectivity index (χ4n) is 3.33. The highest BCUT2D eigenvalue weighted by Crippen LogP contribution is 2.21. The Labute approximate surface area is 152 Å². The summed E-state index contributed by atoms with van der Waals surface area (Å²) in [5, 5.41) is 0. The molecule has 1 heterocycles. The normalized spacial score (nSPS) is 31.0. The van der Waals surface area contributed by atoms with Crippen molar-refractivity contribution in [1.82, 2.24) is 0 Å². The van der Waals surface area contributed by atoms with Gasteiger partial charge >= 0.3 is 5.97 Å². The minimum Gasteiger partial charge on any atom is -0.462 e. The minimum absolute atomic E-state index is 0.0221. The van der Waals surface area contributed by atoms with E-state index in [1.165, 1.54) is 0 Å². The maximum Gasteiger partial charge on any atom is 0.306 e. The summed E-state index contributed by atoms with van der Waals surface area (Å²) in [6.07, 6.45) is 12.1. The van der Waals surface area contributed by atoms with Crippen LogP contribution >= 0.6 is 0 Å². The third-order valence-corrected chi connectivity index (χ3v) is 5.06. The predicted octanol–water partition coefficient (Wildman–Crippen LogP) is 4.34. The van der Waals surface area contributed by atoms with Crippen molar-refractivity contribution in [3.8, 4) is 0 Å². The number of nitrogens with two attached hydrogens (primary N) is 1. The van der Waals surface area contributed by atoms with Gasteiger partial charge in [-0.25, -0.2) is 0 Å². The molecule has 142 valence electrons. The van der Waals surface area contributed by atoms with Gasteiger partial charge in [0, 0.05) is 25.3 Å². The molecule has 4 nitrogen and oxygen atoms in total. The first-order valence-corrected chi connectivity index (χ1v) is 9.78. The number of hydrogen-bond acceptors (Lipinski definition) is 4. The maximum absolute atomic E-state index is 12.1. The lowest BCUT2D eigenvalue weighted by Gasteiger charge is -2.23. The van der Waals surface area contributed by atoms with Crippen molar-refractivity contribution >= 4 is 11.8 Å². The molecule has 0 radical (unpaired) electrons. The molecule has 0 aliphatic carbocycles. The fourth-order valence-corrected chi connectivity index (χ4v) is 3.33. The summed E-state index contributed by atoms with van der Waals surface area (Å²) in [6.45, 7) is 6.55. The zero-order valence-corrected chi connectivity index (χ0v) is 16.1. The summed E-state index contributed by atoms with van der Waals surface area (Å²) in [5.74, 6) is 0.595. The molecule has 0 spiro atoms. The second kappa shape index (κ2) is 12.0. The Hall–Kier alpha value is -1.42. The van der Waals surface area contributed by atoms with Crippen LogP contribution in [0.15, 0.2) is 23.8 Å². The molecule has 0 bridgehead atoms. The van der Waals surface area contributed by atoms with Crippen LogP contribution in [-0.4, -0.2) is 24.4 Å². The van der Waals surface area contributed by atoms with E-state index in [-0.39, 0.29) is 23.8 Å². The average molecular weight is 350 g/mol. The van der Waals surface area contributed by atoms with Crippen LogP contribution in [0.4, 0.5) is 0 Å². The number of ketones is 1. The van der Waals surface area contributed by atoms with Crippen molar-refractivity contribution in [3.05, 3.63) is 23.8 Å². The Morgan fingerprint density at radius 2 is 1.84 bits per heavy atom. The molecular formula is C21H35NO3. The summed E-state index contributed by atoms with van der Waals surface area (Å²) >= 11 is 0. The van der Waals surface area contributed by atoms with Gasteiger partial charge in [0.25, 0.3) is 0 Å². The van der Waals surface area contributed by atoms with Crippen LogP contribution in [0.1, 0.15) is 72.1 Å². The quantitative estimate of drug-likeness (QED) is 0.770. The number of esters is 1. The summed E-state index contributed by atoms with van der Waals surface area (Å²) in [5.41, 5.74) is 6.87. The van der Waals surface area contributed by atoms with E-state index in [0.29, 0.717) is 25.3 Å². The average Bonchev–Trinajstić information content (AvgIpc) is 2.61. The third-order valence-electron chi connectivity index (χ3n) is 5.06. The van der Waals surface area contributed by atoms with Gasteiger partial charge in [-0.05, 0) is 38.2 Å². The number of ether oxygens (including phenoxy) is 1. The van der Waals surface area contributed by atoms with Crippen LogP contribution in [0.3, 0.4) is 0 Å². The molecule has 0 saturated heterocycles. The van der Waals surface area contributed by atoms with Gasteiger partial charge < -0.3 is 10.5 Å². The van der Waals surface area contributed by atoms with Crippen LogP contribution in [0.2, 0.25) is 0 Å². The molecule has 0 aromatic heterocycles. The van der Waals surface area contributed by atoms with E-state index in [0.717, 1.165) is 44.1 Å². The highest BCUT2D eigenvalue weighted by atomic mass is 16.5. The van der Waals surface area contributed by atoms with Gasteiger partial charge in [0.05, 0.1) is 0 Å². The molecule has 3 atom stereocenters. The largest absolute Gasteiger partial charge is 0.462 e. The molecule has 0 fully saturated rings. The van der Waals surface area contributed by atoms with Crippen molar-refractivity contribution in [3.63, 3.8) is 0 Å². The Morgan fingerprint density at radius 1 is 1.08 bits per heavy atom. The molecule has 2 N–H and O–H groups in total. The predicted molar refractivity (Wildman–Crippen MR) is 102 cm³/mol. The van der Waals surface area contributed by atoms with Crippen LogP contribution in [0.5, 0.6) is 0 Å². The van der Waals surface area contributed by atoms with Crippen LogP contribution < -0.4 is 5.73 Å². The Morgan fingerprint density at radius 3 is 2.48 bits per heavy atom. The van der Waals surface area contributed by atoms with Crippen LogP contribution in [-0.2, 0) is 14.3 Å². The lowest BCUT2D eigenvalue weighted by atomic mass is 9.92. The van der Waals surface area contributed by atoms with Gasteiger partial charge in [-0.15, -0.1) is 0 Å². The Balaban J connectivity index is 2.91. The molecule has 1 rings (SSSR count). The van der Waals surface area contributed by atoms with Crippen molar-refractivity contribution in [2.45, 2.75) is 78.2 Å². The molecule has 0 aromatic carbocycles. The smallest absolute Gasteiger partial charge is 0.306 e. The first-order chi connectivity index (χ1) is 12.0. The molecule has 1 aliphatic rings. The van der Waals surface area contributed by atoms with Gasteiger partial charge in [0.2, 0.25) is 0 Å². The molecule has 4 heteroatoms. The van der Waals surface area contributed by atoms with E-state index in [1.807, 2.05) is 26.0 Å². The summed E-state index contributed by atoms with van der Waals surface area (Å²) in [7, 11) is 0. The third kappa shape index (κ3) is 8.48. The van der Waals surface area contributed by atoms with Gasteiger partial charge in [0.15, 0.2) is 5.78 Å². The lowest BCUT2D eigenvalue weighted by Crippen LogP contribution is -2.30. The topological polar surface area (TPSA) is 69.4 Å². The van der Waals surface area contributed by atoms with Crippen molar-refractivity contribution in [1.29, 1.82) is 0 Å². The zero-order chi connectivity index (χ0) is 18.7. The number of cyclic esters (lactones) is 1. The second-order valence-corrected chi connectivity index (χ2v) is 7.11. The van der Waals surface area contributed by atoms with E-state index in [2.05, 4.69) is 6.92 Å². The summed E-state index contributed by atoms with van der Waals surface area (Å²) in [6, 6.07) is 0. The first kappa shape index (κ1) is 21.6. The van der Waals surface area contributed by atoms with Crippen molar-refractivity contribution in [2.24, 2.45) is 17.6 Å². The van der Waals surface area contributed by atoms with E-state index in [4.69, 9.17) is 10.5 Å². The molecule has 25 heavy (non-hydrogen) atoms. The van der Waals surface area contributed by atoms with Crippen LogP contribution in [0, 0.1) is 11.8 Å². The lowest BCUT2D eigenvalue weighted by molar-refractivity contribution is -0.151. The first-order valence-electron chi connectivity index (χ1n) is 9.78.